The highest BCUT2D eigenvalue weighted by molar-refractivity contribution is 7.04. The molecule has 0 aliphatic carbocycles. The van der Waals surface area contributed by atoms with Gasteiger partial charge in [0.15, 0.2) is 0 Å². The zero-order chi connectivity index (χ0) is 27.7. The number of fused-ring (bicyclic) bond motifs is 4. The molecule has 0 fully saturated rings. The average Bonchev–Trinajstić information content (AvgIpc) is 3.13. The van der Waals surface area contributed by atoms with E-state index in [-0.39, 0.29) is 5.41 Å². The van der Waals surface area contributed by atoms with Crippen LogP contribution in [0.5, 0.6) is 0 Å². The average molecular weight is 542 g/mol. The van der Waals surface area contributed by atoms with E-state index in [0.29, 0.717) is 0 Å². The van der Waals surface area contributed by atoms with Crippen LogP contribution in [0.4, 0.5) is 0 Å². The van der Waals surface area contributed by atoms with Crippen LogP contribution in [0.25, 0.3) is 44.3 Å². The molecule has 0 saturated carbocycles. The zero-order valence-corrected chi connectivity index (χ0v) is 26.6. The second kappa shape index (κ2) is 8.87. The van der Waals surface area contributed by atoms with Crippen LogP contribution < -0.4 is 15.6 Å². The van der Waals surface area contributed by atoms with Crippen molar-refractivity contribution in [2.75, 3.05) is 0 Å². The summed E-state index contributed by atoms with van der Waals surface area (Å²) in [5, 5.41) is 7.14. The minimum absolute atomic E-state index is 0.0450. The lowest BCUT2D eigenvalue weighted by atomic mass is 9.82. The van der Waals surface area contributed by atoms with E-state index in [4.69, 9.17) is 4.98 Å². The first kappa shape index (κ1) is 26.0. The molecule has 0 radical (unpaired) electrons. The lowest BCUT2D eigenvalue weighted by Gasteiger charge is -2.25. The summed E-state index contributed by atoms with van der Waals surface area (Å²) in [7, 11) is -3.31. The molecule has 4 aromatic carbocycles. The van der Waals surface area contributed by atoms with E-state index in [2.05, 4.69) is 138 Å². The van der Waals surface area contributed by atoms with Gasteiger partial charge in [-0.25, -0.2) is 0 Å². The SMILES string of the molecule is CC(C)(C)c1cc(-c2nccc3c2[Si](C)(C)c2cc(-c4ccc([Si](C)(C)C)cc4)ccc2-3)cc2ccccc12. The lowest BCUT2D eigenvalue weighted by Crippen LogP contribution is -2.50. The normalized spacial score (nSPS) is 14.4. The molecule has 0 unspecified atom stereocenters. The molecule has 5 aromatic rings. The Hall–Kier alpha value is -3.28. The van der Waals surface area contributed by atoms with Crippen LogP contribution in [0.1, 0.15) is 26.3 Å². The van der Waals surface area contributed by atoms with Crippen LogP contribution in [0.15, 0.2) is 91.1 Å². The van der Waals surface area contributed by atoms with Gasteiger partial charge in [0.05, 0.1) is 13.8 Å². The highest BCUT2D eigenvalue weighted by atomic mass is 28.3. The molecule has 3 heteroatoms. The van der Waals surface area contributed by atoms with Crippen molar-refractivity contribution in [1.82, 2.24) is 4.98 Å². The largest absolute Gasteiger partial charge is 0.256 e. The Morgan fingerprint density at radius 2 is 1.38 bits per heavy atom. The third kappa shape index (κ3) is 4.32. The molecule has 1 aliphatic rings. The minimum Gasteiger partial charge on any atom is -0.256 e. The van der Waals surface area contributed by atoms with E-state index in [9.17, 15) is 0 Å². The molecule has 196 valence electrons. The number of rotatable bonds is 3. The molecule has 1 aromatic heterocycles. The van der Waals surface area contributed by atoms with Gasteiger partial charge in [0, 0.05) is 11.8 Å². The molecule has 0 atom stereocenters. The van der Waals surface area contributed by atoms with Crippen LogP contribution in [0, 0.1) is 0 Å². The third-order valence-electron chi connectivity index (χ3n) is 8.59. The highest BCUT2D eigenvalue weighted by Gasteiger charge is 2.40. The van der Waals surface area contributed by atoms with E-state index in [1.54, 1.807) is 0 Å². The second-order valence-electron chi connectivity index (χ2n) is 13.8. The summed E-state index contributed by atoms with van der Waals surface area (Å²) in [5.74, 6) is 0. The summed E-state index contributed by atoms with van der Waals surface area (Å²) in [6, 6.07) is 32.3. The predicted molar refractivity (Wildman–Crippen MR) is 176 cm³/mol. The van der Waals surface area contributed by atoms with Gasteiger partial charge in [-0.2, -0.15) is 0 Å². The Morgan fingerprint density at radius 1 is 0.692 bits per heavy atom. The maximum Gasteiger partial charge on any atom is 0.116 e. The first-order chi connectivity index (χ1) is 18.4. The number of aromatic nitrogens is 1. The maximum atomic E-state index is 5.08. The summed E-state index contributed by atoms with van der Waals surface area (Å²) in [4.78, 5) is 5.08. The van der Waals surface area contributed by atoms with Crippen molar-refractivity contribution in [3.05, 3.63) is 96.7 Å². The number of hydrogen-bond acceptors (Lipinski definition) is 1. The van der Waals surface area contributed by atoms with Crippen molar-refractivity contribution in [3.63, 3.8) is 0 Å². The smallest absolute Gasteiger partial charge is 0.116 e. The first-order valence-corrected chi connectivity index (χ1v) is 20.6. The fourth-order valence-electron chi connectivity index (χ4n) is 6.38. The summed E-state index contributed by atoms with van der Waals surface area (Å²) < 4.78 is 0. The van der Waals surface area contributed by atoms with Gasteiger partial charge in [0.1, 0.15) is 8.07 Å². The molecule has 39 heavy (non-hydrogen) atoms. The molecule has 1 aliphatic heterocycles. The Labute approximate surface area is 236 Å². The summed E-state index contributed by atoms with van der Waals surface area (Å²) in [6.07, 6.45) is 2.02. The summed E-state index contributed by atoms with van der Waals surface area (Å²) in [5.41, 5.74) is 9.23. The molecular formula is C36H39NSi2. The van der Waals surface area contributed by atoms with Crippen LogP contribution in [-0.2, 0) is 5.41 Å². The van der Waals surface area contributed by atoms with Crippen LogP contribution in [-0.4, -0.2) is 21.1 Å². The van der Waals surface area contributed by atoms with E-state index >= 15 is 0 Å². The Bertz CT molecular complexity index is 1730. The van der Waals surface area contributed by atoms with Gasteiger partial charge in [-0.1, -0.05) is 125 Å². The quantitative estimate of drug-likeness (QED) is 0.210. The molecular weight excluding hydrogens is 503 g/mol. The summed E-state index contributed by atoms with van der Waals surface area (Å²) >= 11 is 0. The molecule has 1 nitrogen and oxygen atoms in total. The number of benzene rings is 4. The molecule has 0 saturated heterocycles. The van der Waals surface area contributed by atoms with E-state index in [1.165, 1.54) is 59.7 Å². The van der Waals surface area contributed by atoms with Crippen molar-refractivity contribution in [2.45, 2.75) is 58.9 Å². The summed E-state index contributed by atoms with van der Waals surface area (Å²) in [6.45, 7) is 19.2. The number of hydrogen-bond donors (Lipinski definition) is 0. The number of nitrogens with zero attached hydrogens (tertiary/aromatic N) is 1. The van der Waals surface area contributed by atoms with Crippen molar-refractivity contribution >= 4 is 42.5 Å². The Morgan fingerprint density at radius 3 is 2.08 bits per heavy atom. The van der Waals surface area contributed by atoms with Gasteiger partial charge in [0.25, 0.3) is 0 Å². The molecule has 2 heterocycles. The van der Waals surface area contributed by atoms with Gasteiger partial charge < -0.3 is 0 Å². The van der Waals surface area contributed by atoms with E-state index in [0.717, 1.165) is 5.69 Å². The van der Waals surface area contributed by atoms with Crippen LogP contribution in [0.2, 0.25) is 32.7 Å². The fraction of sp³-hybridized carbons (Fsp3) is 0.250. The molecule has 0 amide bonds. The Kier molecular flexibility index (Phi) is 5.91. The van der Waals surface area contributed by atoms with Gasteiger partial charge >= 0.3 is 0 Å². The highest BCUT2D eigenvalue weighted by Crippen LogP contribution is 2.38. The van der Waals surface area contributed by atoms with Gasteiger partial charge in [0.2, 0.25) is 0 Å². The zero-order valence-electron chi connectivity index (χ0n) is 24.6. The standard InChI is InChI=1S/C36H39NSi2/c1-36(2,3)32-22-27(21-26-11-9-10-12-29(26)32)34-35-31(19-20-37-34)30-18-15-25(23-33(30)39(35,7)8)24-13-16-28(17-14-24)38(4,5)6/h9-23H,1-8H3. The van der Waals surface area contributed by atoms with Crippen molar-refractivity contribution in [3.8, 4) is 33.5 Å². The van der Waals surface area contributed by atoms with E-state index in [1.807, 2.05) is 6.20 Å². The van der Waals surface area contributed by atoms with Crippen molar-refractivity contribution in [2.24, 2.45) is 0 Å². The van der Waals surface area contributed by atoms with Crippen molar-refractivity contribution in [1.29, 1.82) is 0 Å². The van der Waals surface area contributed by atoms with Crippen LogP contribution in [0.3, 0.4) is 0 Å². The lowest BCUT2D eigenvalue weighted by molar-refractivity contribution is 0.596. The van der Waals surface area contributed by atoms with Gasteiger partial charge in [-0.05, 0) is 72.6 Å². The van der Waals surface area contributed by atoms with E-state index < -0.39 is 16.1 Å². The molecule has 0 spiro atoms. The Balaban J connectivity index is 1.50. The monoisotopic (exact) mass is 541 g/mol. The topological polar surface area (TPSA) is 12.9 Å². The first-order valence-electron chi connectivity index (χ1n) is 14.1. The van der Waals surface area contributed by atoms with Crippen molar-refractivity contribution < 1.29 is 0 Å². The second-order valence-corrected chi connectivity index (χ2v) is 23.2. The number of pyridine rings is 1. The third-order valence-corrected chi connectivity index (χ3v) is 14.2. The molecule has 6 rings (SSSR count). The van der Waals surface area contributed by atoms with Crippen LogP contribution >= 0.6 is 0 Å². The fourth-order valence-corrected chi connectivity index (χ4v) is 10.9. The molecule has 0 bridgehead atoms. The van der Waals surface area contributed by atoms with Gasteiger partial charge in [-0.3, -0.25) is 4.98 Å². The molecule has 0 N–H and O–H groups in total. The maximum absolute atomic E-state index is 5.08. The van der Waals surface area contributed by atoms with Gasteiger partial charge in [-0.15, -0.1) is 0 Å². The minimum atomic E-state index is -2.00. The predicted octanol–water partition coefficient (Wildman–Crippen LogP) is 8.21.